The van der Waals surface area contributed by atoms with E-state index in [2.05, 4.69) is 56.4 Å². The number of hydrogen-bond acceptors (Lipinski definition) is 6. The zero-order chi connectivity index (χ0) is 38.5. The Kier molecular flexibility index (Phi) is 31.9. The second-order valence-electron chi connectivity index (χ2n) is 13.6. The molecule has 0 saturated carbocycles. The number of carbonyl (C=O) groups excluding carboxylic acids is 2. The van der Waals surface area contributed by atoms with Crippen LogP contribution in [0.4, 0.5) is 0 Å². The third-order valence-corrected chi connectivity index (χ3v) is 7.92. The molecule has 8 heteroatoms. The maximum Gasteiger partial charge on any atom is 0.362 e. The summed E-state index contributed by atoms with van der Waals surface area (Å²) in [6, 6.07) is -0.632. The van der Waals surface area contributed by atoms with Crippen molar-refractivity contribution in [1.82, 2.24) is 0 Å². The summed E-state index contributed by atoms with van der Waals surface area (Å²) >= 11 is 0. The molecule has 0 saturated heterocycles. The quantitative estimate of drug-likeness (QED) is 0.0319. The van der Waals surface area contributed by atoms with Crippen molar-refractivity contribution >= 4 is 17.9 Å². The molecule has 2 unspecified atom stereocenters. The second-order valence-corrected chi connectivity index (χ2v) is 13.6. The van der Waals surface area contributed by atoms with Crippen molar-refractivity contribution in [3.63, 3.8) is 0 Å². The molecular weight excluding hydrogens is 654 g/mol. The van der Waals surface area contributed by atoms with Gasteiger partial charge in [-0.05, 0) is 44.9 Å². The number of esters is 2. The maximum atomic E-state index is 12.7. The fourth-order valence-corrected chi connectivity index (χ4v) is 4.94. The molecule has 0 aromatic rings. The monoisotopic (exact) mass is 725 g/mol. The molecular formula is C44H70NO7+. The lowest BCUT2D eigenvalue weighted by molar-refractivity contribution is -0.887. The van der Waals surface area contributed by atoms with E-state index < -0.39 is 18.1 Å². The smallest absolute Gasteiger partial charge is 0.362 e. The number of ether oxygens (including phenoxy) is 3. The van der Waals surface area contributed by atoms with Crippen molar-refractivity contribution in [1.29, 1.82) is 0 Å². The molecule has 1 N–H and O–H groups in total. The Labute approximate surface area is 316 Å². The summed E-state index contributed by atoms with van der Waals surface area (Å²) < 4.78 is 17.1. The van der Waals surface area contributed by atoms with Gasteiger partial charge in [-0.3, -0.25) is 9.59 Å². The Balaban J connectivity index is 4.57. The Hall–Kier alpha value is -3.75. The summed E-state index contributed by atoms with van der Waals surface area (Å²) in [5, 5.41) is 9.59. The maximum absolute atomic E-state index is 12.7. The largest absolute Gasteiger partial charge is 0.477 e. The molecule has 8 nitrogen and oxygen atoms in total. The molecule has 0 aliphatic heterocycles. The molecule has 292 valence electrons. The second kappa shape index (κ2) is 34.3. The van der Waals surface area contributed by atoms with Gasteiger partial charge in [0.2, 0.25) is 0 Å². The van der Waals surface area contributed by atoms with Crippen LogP contribution in [-0.4, -0.2) is 80.6 Å². The first-order valence-corrected chi connectivity index (χ1v) is 19.4. The van der Waals surface area contributed by atoms with Gasteiger partial charge in [0, 0.05) is 19.3 Å². The number of allylic oxidation sites excluding steroid dienone is 16. The first-order chi connectivity index (χ1) is 25.1. The van der Waals surface area contributed by atoms with Gasteiger partial charge in [0.05, 0.1) is 34.4 Å². The van der Waals surface area contributed by atoms with Gasteiger partial charge in [-0.1, -0.05) is 143 Å². The summed E-state index contributed by atoms with van der Waals surface area (Å²) in [5.74, 6) is -1.60. The molecule has 52 heavy (non-hydrogen) atoms. The molecule has 0 amide bonds. The molecule has 0 spiro atoms. The van der Waals surface area contributed by atoms with Crippen LogP contribution in [0.25, 0.3) is 0 Å². The number of unbranched alkanes of at least 4 members (excludes halogenated alkanes) is 8. The van der Waals surface area contributed by atoms with Gasteiger partial charge in [0.25, 0.3) is 0 Å². The lowest BCUT2D eigenvalue weighted by Gasteiger charge is -2.31. The number of carbonyl (C=O) groups is 3. The summed E-state index contributed by atoms with van der Waals surface area (Å²) in [7, 11) is 5.48. The van der Waals surface area contributed by atoms with Gasteiger partial charge in [-0.15, -0.1) is 0 Å². The number of hydrogen-bond donors (Lipinski definition) is 1. The lowest BCUT2D eigenvalue weighted by atomic mass is 10.1. The number of nitrogens with zero attached hydrogens (tertiary/aromatic N) is 1. The summed E-state index contributed by atoms with van der Waals surface area (Å²) in [6.45, 7) is 4.33. The Morgan fingerprint density at radius 2 is 1.04 bits per heavy atom. The van der Waals surface area contributed by atoms with Crippen LogP contribution >= 0.6 is 0 Å². The zero-order valence-electron chi connectivity index (χ0n) is 33.0. The predicted octanol–water partition coefficient (Wildman–Crippen LogP) is 9.96. The fraction of sp³-hybridized carbons (Fsp3) is 0.568. The van der Waals surface area contributed by atoms with E-state index in [1.807, 2.05) is 75.8 Å². The number of carboxylic acids is 1. The first-order valence-electron chi connectivity index (χ1n) is 19.4. The van der Waals surface area contributed by atoms with Gasteiger partial charge in [-0.25, -0.2) is 4.79 Å². The zero-order valence-corrected chi connectivity index (χ0v) is 33.0. The van der Waals surface area contributed by atoms with Crippen LogP contribution in [0.1, 0.15) is 110 Å². The molecule has 0 aromatic carbocycles. The minimum atomic E-state index is -0.893. The van der Waals surface area contributed by atoms with E-state index in [1.165, 1.54) is 19.3 Å². The highest BCUT2D eigenvalue weighted by atomic mass is 16.6. The van der Waals surface area contributed by atoms with Gasteiger partial charge >= 0.3 is 17.9 Å². The van der Waals surface area contributed by atoms with Crippen LogP contribution in [-0.2, 0) is 28.6 Å². The molecule has 0 aromatic heterocycles. The normalized spacial score (nSPS) is 14.1. The number of quaternary nitrogens is 1. The first kappa shape index (κ1) is 48.2. The Morgan fingerprint density at radius 1 is 0.577 bits per heavy atom. The predicted molar refractivity (Wildman–Crippen MR) is 215 cm³/mol. The SMILES string of the molecule is CC/C=C/C=C/C=C/C=C/C=C/CCCC(=O)OCC(COCCC(C(=O)O)[N+](C)(C)C)OC(=O)CCCCCCCCC/C=C/C=C/C=C/CC. The molecule has 0 rings (SSSR count). The number of rotatable bonds is 32. The van der Waals surface area contributed by atoms with Crippen molar-refractivity contribution in [2.45, 2.75) is 122 Å². The van der Waals surface area contributed by atoms with Gasteiger partial charge in [-0.2, -0.15) is 0 Å². The van der Waals surface area contributed by atoms with Crippen molar-refractivity contribution < 1.29 is 38.2 Å². The minimum Gasteiger partial charge on any atom is -0.477 e. The van der Waals surface area contributed by atoms with Gasteiger partial charge in [0.15, 0.2) is 12.1 Å². The molecule has 0 fully saturated rings. The number of carboxylic acid groups (broad SMARTS) is 1. The van der Waals surface area contributed by atoms with Crippen molar-refractivity contribution in [3.8, 4) is 0 Å². The highest BCUT2D eigenvalue weighted by Gasteiger charge is 2.31. The Morgan fingerprint density at radius 3 is 1.56 bits per heavy atom. The topological polar surface area (TPSA) is 99.1 Å². The fourth-order valence-electron chi connectivity index (χ4n) is 4.94. The van der Waals surface area contributed by atoms with E-state index in [0.717, 1.165) is 51.4 Å². The standard InChI is InChI=1S/C44H69NO7/c1-6-8-10-12-14-16-18-20-21-23-25-27-29-31-33-35-43(47)52-40(38-50-37-36-41(44(48)49)45(3,4)5)39-51-42(46)34-32-30-28-26-24-22-19-17-15-13-11-9-7-2/h8-19,22,24,26,28,40-41H,6-7,20-21,23,25,27,29-39H2,1-5H3/p+1/b10-8+,11-9+,14-12+,15-13+,18-16+,19-17+,24-22+,28-26+. The average Bonchev–Trinajstić information content (AvgIpc) is 3.09. The van der Waals surface area contributed by atoms with Crippen LogP contribution in [0.3, 0.4) is 0 Å². The molecule has 0 heterocycles. The highest BCUT2D eigenvalue weighted by molar-refractivity contribution is 5.72. The lowest BCUT2D eigenvalue weighted by Crippen LogP contribution is -2.50. The third-order valence-electron chi connectivity index (χ3n) is 7.92. The molecule has 0 bridgehead atoms. The van der Waals surface area contributed by atoms with Crippen LogP contribution < -0.4 is 0 Å². The van der Waals surface area contributed by atoms with E-state index in [4.69, 9.17) is 14.2 Å². The van der Waals surface area contributed by atoms with Crippen LogP contribution in [0.5, 0.6) is 0 Å². The van der Waals surface area contributed by atoms with Crippen LogP contribution in [0.2, 0.25) is 0 Å². The van der Waals surface area contributed by atoms with Gasteiger partial charge < -0.3 is 23.8 Å². The van der Waals surface area contributed by atoms with E-state index >= 15 is 0 Å². The van der Waals surface area contributed by atoms with E-state index in [0.29, 0.717) is 19.3 Å². The van der Waals surface area contributed by atoms with E-state index in [1.54, 1.807) is 0 Å². The molecule has 0 radical (unpaired) electrons. The van der Waals surface area contributed by atoms with Gasteiger partial charge in [0.1, 0.15) is 6.61 Å². The molecule has 2 atom stereocenters. The summed E-state index contributed by atoms with van der Waals surface area (Å²) in [6.07, 6.45) is 44.6. The third kappa shape index (κ3) is 32.2. The van der Waals surface area contributed by atoms with Crippen LogP contribution in [0.15, 0.2) is 97.2 Å². The Bertz CT molecular complexity index is 1170. The average molecular weight is 725 g/mol. The van der Waals surface area contributed by atoms with E-state index in [-0.39, 0.29) is 42.7 Å². The molecule has 0 aliphatic carbocycles. The number of likely N-dealkylation sites (N-methyl/N-ethyl adjacent to an activating group) is 1. The van der Waals surface area contributed by atoms with Crippen molar-refractivity contribution in [2.75, 3.05) is 41.0 Å². The summed E-state index contributed by atoms with van der Waals surface area (Å²) in [5.41, 5.74) is 0. The number of aliphatic carboxylic acids is 1. The highest BCUT2D eigenvalue weighted by Crippen LogP contribution is 2.12. The molecule has 0 aliphatic rings. The van der Waals surface area contributed by atoms with Crippen LogP contribution in [0, 0.1) is 0 Å². The van der Waals surface area contributed by atoms with Crippen molar-refractivity contribution in [3.05, 3.63) is 97.2 Å². The van der Waals surface area contributed by atoms with Crippen molar-refractivity contribution in [2.24, 2.45) is 0 Å². The minimum absolute atomic E-state index is 0.0264. The summed E-state index contributed by atoms with van der Waals surface area (Å²) in [4.78, 5) is 36.8. The van der Waals surface area contributed by atoms with E-state index in [9.17, 15) is 19.5 Å².